The van der Waals surface area contributed by atoms with E-state index in [2.05, 4.69) is 10.6 Å². The third-order valence-corrected chi connectivity index (χ3v) is 3.47. The third kappa shape index (κ3) is 5.54. The van der Waals surface area contributed by atoms with Gasteiger partial charge < -0.3 is 15.5 Å². The Hall–Kier alpha value is -1.79. The molecule has 0 aliphatic heterocycles. The fourth-order valence-corrected chi connectivity index (χ4v) is 1.97. The average molecular weight is 346 g/mol. The number of halogens is 2. The maximum absolute atomic E-state index is 11.9. The molecule has 0 fully saturated rings. The largest absolute Gasteiger partial charge is 0.345 e. The molecule has 0 saturated carbocycles. The van der Waals surface area contributed by atoms with Gasteiger partial charge in [0, 0.05) is 18.6 Å². The van der Waals surface area contributed by atoms with Crippen molar-refractivity contribution in [3.63, 3.8) is 0 Å². The van der Waals surface area contributed by atoms with Crippen LogP contribution in [0.1, 0.15) is 17.3 Å². The van der Waals surface area contributed by atoms with Gasteiger partial charge in [0.25, 0.3) is 5.91 Å². The number of benzene rings is 1. The molecule has 0 spiro atoms. The van der Waals surface area contributed by atoms with Crippen molar-refractivity contribution >= 4 is 40.9 Å². The molecule has 22 heavy (non-hydrogen) atoms. The van der Waals surface area contributed by atoms with Gasteiger partial charge in [0.1, 0.15) is 0 Å². The van der Waals surface area contributed by atoms with Gasteiger partial charge in [-0.25, -0.2) is 0 Å². The first-order valence-corrected chi connectivity index (χ1v) is 7.34. The standard InChI is InChI=1S/C14H17Cl2N3O3/c1-3-19(2)13(21)8-17-12(20)7-18-14(22)10-5-4-9(15)6-11(10)16/h4-6H,3,7-8H2,1-2H3,(H,17,20)(H,18,22). The molecule has 8 heteroatoms. The fraction of sp³-hybridized carbons (Fsp3) is 0.357. The summed E-state index contributed by atoms with van der Waals surface area (Å²) in [6.45, 7) is 2.03. The predicted molar refractivity (Wildman–Crippen MR) is 85.1 cm³/mol. The maximum atomic E-state index is 11.9. The summed E-state index contributed by atoms with van der Waals surface area (Å²) in [4.78, 5) is 36.4. The first-order chi connectivity index (χ1) is 10.3. The molecule has 6 nitrogen and oxygen atoms in total. The summed E-state index contributed by atoms with van der Waals surface area (Å²) in [5, 5.41) is 5.47. The molecule has 0 aliphatic carbocycles. The number of carbonyl (C=O) groups excluding carboxylic acids is 3. The summed E-state index contributed by atoms with van der Waals surface area (Å²) in [6, 6.07) is 4.44. The maximum Gasteiger partial charge on any atom is 0.253 e. The van der Waals surface area contributed by atoms with Gasteiger partial charge in [-0.1, -0.05) is 23.2 Å². The first-order valence-electron chi connectivity index (χ1n) is 6.59. The molecule has 0 atom stereocenters. The number of hydrogen-bond acceptors (Lipinski definition) is 3. The number of nitrogens with one attached hydrogen (secondary N) is 2. The monoisotopic (exact) mass is 345 g/mol. The van der Waals surface area contributed by atoms with E-state index in [0.717, 1.165) is 0 Å². The van der Waals surface area contributed by atoms with Crippen LogP contribution in [0.3, 0.4) is 0 Å². The number of rotatable bonds is 6. The summed E-state index contributed by atoms with van der Waals surface area (Å²) in [6.07, 6.45) is 0. The van der Waals surface area contributed by atoms with Gasteiger partial charge in [0.15, 0.2) is 0 Å². The molecule has 120 valence electrons. The molecule has 0 bridgehead atoms. The van der Waals surface area contributed by atoms with Gasteiger partial charge >= 0.3 is 0 Å². The van der Waals surface area contributed by atoms with Gasteiger partial charge in [-0.3, -0.25) is 14.4 Å². The molecule has 0 radical (unpaired) electrons. The van der Waals surface area contributed by atoms with Crippen LogP contribution in [0.2, 0.25) is 10.0 Å². The molecular formula is C14H17Cl2N3O3. The Kier molecular flexibility index (Phi) is 7.14. The van der Waals surface area contributed by atoms with E-state index < -0.39 is 11.8 Å². The lowest BCUT2D eigenvalue weighted by Gasteiger charge is -2.14. The number of amides is 3. The molecule has 3 amide bonds. The molecular weight excluding hydrogens is 329 g/mol. The minimum Gasteiger partial charge on any atom is -0.345 e. The Bertz CT molecular complexity index is 578. The van der Waals surface area contributed by atoms with Crippen molar-refractivity contribution in [2.24, 2.45) is 0 Å². The minimum absolute atomic E-state index is 0.110. The normalized spacial score (nSPS) is 10.0. The lowest BCUT2D eigenvalue weighted by molar-refractivity contribution is -0.131. The lowest BCUT2D eigenvalue weighted by Crippen LogP contribution is -2.42. The Morgan fingerprint density at radius 3 is 2.41 bits per heavy atom. The summed E-state index contributed by atoms with van der Waals surface area (Å²) < 4.78 is 0. The summed E-state index contributed by atoms with van der Waals surface area (Å²) >= 11 is 11.6. The molecule has 1 aromatic rings. The average Bonchev–Trinajstić information content (AvgIpc) is 2.49. The second-order valence-corrected chi connectivity index (χ2v) is 5.34. The summed E-state index contributed by atoms with van der Waals surface area (Å²) in [5.74, 6) is -1.16. The van der Waals surface area contributed by atoms with Crippen LogP contribution in [0, 0.1) is 0 Å². The van der Waals surface area contributed by atoms with E-state index in [1.54, 1.807) is 7.05 Å². The Morgan fingerprint density at radius 2 is 1.82 bits per heavy atom. The number of hydrogen-bond donors (Lipinski definition) is 2. The van der Waals surface area contributed by atoms with Gasteiger partial charge in [0.2, 0.25) is 11.8 Å². The van der Waals surface area contributed by atoms with Gasteiger partial charge in [0.05, 0.1) is 23.7 Å². The topological polar surface area (TPSA) is 78.5 Å². The zero-order chi connectivity index (χ0) is 16.7. The molecule has 0 unspecified atom stereocenters. The van der Waals surface area contributed by atoms with Crippen molar-refractivity contribution < 1.29 is 14.4 Å². The highest BCUT2D eigenvalue weighted by Gasteiger charge is 2.13. The van der Waals surface area contributed by atoms with E-state index in [4.69, 9.17) is 23.2 Å². The van der Waals surface area contributed by atoms with Crippen molar-refractivity contribution in [2.75, 3.05) is 26.7 Å². The Morgan fingerprint density at radius 1 is 1.14 bits per heavy atom. The zero-order valence-electron chi connectivity index (χ0n) is 12.3. The molecule has 0 saturated heterocycles. The third-order valence-electron chi connectivity index (χ3n) is 2.92. The smallest absolute Gasteiger partial charge is 0.253 e. The van der Waals surface area contributed by atoms with Crippen LogP contribution in [-0.4, -0.2) is 49.3 Å². The summed E-state index contributed by atoms with van der Waals surface area (Å²) in [7, 11) is 1.64. The lowest BCUT2D eigenvalue weighted by atomic mass is 10.2. The van der Waals surface area contributed by atoms with Crippen LogP contribution in [-0.2, 0) is 9.59 Å². The predicted octanol–water partition coefficient (Wildman–Crippen LogP) is 1.32. The van der Waals surface area contributed by atoms with E-state index in [-0.39, 0.29) is 29.6 Å². The molecule has 2 N–H and O–H groups in total. The Labute approximate surface area is 138 Å². The fourth-order valence-electron chi connectivity index (χ4n) is 1.48. The first kappa shape index (κ1) is 18.3. The molecule has 1 rings (SSSR count). The second-order valence-electron chi connectivity index (χ2n) is 4.49. The highest BCUT2D eigenvalue weighted by molar-refractivity contribution is 6.36. The van der Waals surface area contributed by atoms with Crippen LogP contribution in [0.4, 0.5) is 0 Å². The highest BCUT2D eigenvalue weighted by Crippen LogP contribution is 2.20. The van der Waals surface area contributed by atoms with E-state index in [1.807, 2.05) is 6.92 Å². The van der Waals surface area contributed by atoms with E-state index >= 15 is 0 Å². The van der Waals surface area contributed by atoms with Gasteiger partial charge in [-0.05, 0) is 25.1 Å². The minimum atomic E-state index is -0.492. The van der Waals surface area contributed by atoms with E-state index in [1.165, 1.54) is 23.1 Å². The van der Waals surface area contributed by atoms with E-state index in [9.17, 15) is 14.4 Å². The molecule has 1 aromatic carbocycles. The quantitative estimate of drug-likeness (QED) is 0.815. The molecule has 0 aromatic heterocycles. The zero-order valence-corrected chi connectivity index (χ0v) is 13.8. The van der Waals surface area contributed by atoms with Crippen LogP contribution in [0.25, 0.3) is 0 Å². The van der Waals surface area contributed by atoms with Crippen molar-refractivity contribution in [1.82, 2.24) is 15.5 Å². The second kappa shape index (κ2) is 8.60. The summed E-state index contributed by atoms with van der Waals surface area (Å²) in [5.41, 5.74) is 0.223. The van der Waals surface area contributed by atoms with Crippen molar-refractivity contribution in [3.05, 3.63) is 33.8 Å². The van der Waals surface area contributed by atoms with E-state index in [0.29, 0.717) is 11.6 Å². The van der Waals surface area contributed by atoms with Crippen LogP contribution >= 0.6 is 23.2 Å². The van der Waals surface area contributed by atoms with Crippen LogP contribution in [0.5, 0.6) is 0 Å². The molecule has 0 heterocycles. The molecule has 0 aliphatic rings. The Balaban J connectivity index is 2.44. The number of likely N-dealkylation sites (N-methyl/N-ethyl adjacent to an activating group) is 1. The van der Waals surface area contributed by atoms with Crippen LogP contribution in [0.15, 0.2) is 18.2 Å². The van der Waals surface area contributed by atoms with Crippen molar-refractivity contribution in [1.29, 1.82) is 0 Å². The highest BCUT2D eigenvalue weighted by atomic mass is 35.5. The van der Waals surface area contributed by atoms with Crippen LogP contribution < -0.4 is 10.6 Å². The number of nitrogens with zero attached hydrogens (tertiary/aromatic N) is 1. The van der Waals surface area contributed by atoms with Gasteiger partial charge in [-0.2, -0.15) is 0 Å². The van der Waals surface area contributed by atoms with Crippen molar-refractivity contribution in [2.45, 2.75) is 6.92 Å². The van der Waals surface area contributed by atoms with Crippen molar-refractivity contribution in [3.8, 4) is 0 Å². The SMILES string of the molecule is CCN(C)C(=O)CNC(=O)CNC(=O)c1ccc(Cl)cc1Cl. The van der Waals surface area contributed by atoms with Gasteiger partial charge in [-0.15, -0.1) is 0 Å². The number of carbonyl (C=O) groups is 3.